The summed E-state index contributed by atoms with van der Waals surface area (Å²) in [5, 5.41) is 12.3. The Morgan fingerprint density at radius 1 is 1.07 bits per heavy atom. The summed E-state index contributed by atoms with van der Waals surface area (Å²) < 4.78 is 0.857. The van der Waals surface area contributed by atoms with E-state index in [1.807, 2.05) is 31.2 Å². The van der Waals surface area contributed by atoms with Crippen LogP contribution in [-0.4, -0.2) is 22.0 Å². The van der Waals surface area contributed by atoms with Crippen LogP contribution in [0, 0.1) is 0 Å². The summed E-state index contributed by atoms with van der Waals surface area (Å²) in [7, 11) is 0. The van der Waals surface area contributed by atoms with Crippen LogP contribution in [0.25, 0.3) is 11.3 Å². The number of halogens is 2. The summed E-state index contributed by atoms with van der Waals surface area (Å²) in [6, 6.07) is 14.3. The highest BCUT2D eigenvalue weighted by atomic mass is 79.9. The highest BCUT2D eigenvalue weighted by molar-refractivity contribution is 9.10. The largest absolute Gasteiger partial charge is 0.318 e. The molecule has 0 unspecified atom stereocenters. The van der Waals surface area contributed by atoms with Crippen LogP contribution in [0.5, 0.6) is 0 Å². The Morgan fingerprint density at radius 3 is 2.48 bits per heavy atom. The second kappa shape index (κ2) is 8.37. The van der Waals surface area contributed by atoms with Crippen molar-refractivity contribution in [2.24, 2.45) is 0 Å². The van der Waals surface area contributed by atoms with Crippen molar-refractivity contribution in [3.8, 4) is 11.3 Å². The molecule has 0 saturated heterocycles. The molecule has 0 fully saturated rings. The molecule has 0 spiro atoms. The lowest BCUT2D eigenvalue weighted by Crippen LogP contribution is -2.29. The number of amides is 2. The third-order valence-corrected chi connectivity index (χ3v) is 4.69. The Bertz CT molecular complexity index is 986. The smallest absolute Gasteiger partial charge is 0.315 e. The number of hydrogen-bond donors (Lipinski definition) is 3. The van der Waals surface area contributed by atoms with E-state index in [0.717, 1.165) is 22.0 Å². The van der Waals surface area contributed by atoms with Crippen LogP contribution >= 0.6 is 27.5 Å². The summed E-state index contributed by atoms with van der Waals surface area (Å²) in [6.45, 7) is 2.04. The quantitative estimate of drug-likeness (QED) is 0.510. The SMILES string of the molecule is CCc1ccc(NC(=O)C(=O)Nc2cc(-c3cc(Br)ccc3Cl)[nH]n2)cc1. The van der Waals surface area contributed by atoms with Gasteiger partial charge in [0.2, 0.25) is 0 Å². The van der Waals surface area contributed by atoms with Gasteiger partial charge in [-0.3, -0.25) is 14.7 Å². The van der Waals surface area contributed by atoms with Gasteiger partial charge in [-0.05, 0) is 42.3 Å². The minimum atomic E-state index is -0.812. The minimum Gasteiger partial charge on any atom is -0.318 e. The van der Waals surface area contributed by atoms with Crippen LogP contribution in [0.3, 0.4) is 0 Å². The van der Waals surface area contributed by atoms with Crippen molar-refractivity contribution in [3.05, 3.63) is 63.6 Å². The van der Waals surface area contributed by atoms with Crippen LogP contribution in [-0.2, 0) is 16.0 Å². The number of nitrogens with zero attached hydrogens (tertiary/aromatic N) is 1. The Morgan fingerprint density at radius 2 is 1.78 bits per heavy atom. The first-order valence-corrected chi connectivity index (χ1v) is 9.35. The predicted octanol–water partition coefficient (Wildman–Crippen LogP) is 4.63. The fourth-order valence-corrected chi connectivity index (χ4v) is 2.99. The number of carbonyl (C=O) groups excluding carboxylic acids is 2. The molecule has 138 valence electrons. The lowest BCUT2D eigenvalue weighted by molar-refractivity contribution is -0.133. The number of rotatable bonds is 4. The van der Waals surface area contributed by atoms with Gasteiger partial charge in [0.25, 0.3) is 0 Å². The number of hydrogen-bond acceptors (Lipinski definition) is 3. The first-order valence-electron chi connectivity index (χ1n) is 8.18. The molecule has 3 N–H and O–H groups in total. The molecule has 0 aliphatic rings. The van der Waals surface area contributed by atoms with Crippen molar-refractivity contribution in [1.29, 1.82) is 0 Å². The van der Waals surface area contributed by atoms with Crippen molar-refractivity contribution in [2.45, 2.75) is 13.3 Å². The van der Waals surface area contributed by atoms with Gasteiger partial charge in [0.05, 0.1) is 10.7 Å². The summed E-state index contributed by atoms with van der Waals surface area (Å²) >= 11 is 9.57. The van der Waals surface area contributed by atoms with E-state index in [-0.39, 0.29) is 5.82 Å². The molecule has 2 aromatic carbocycles. The minimum absolute atomic E-state index is 0.225. The number of nitrogens with one attached hydrogen (secondary N) is 3. The fourth-order valence-electron chi connectivity index (χ4n) is 2.41. The highest BCUT2D eigenvalue weighted by Gasteiger charge is 2.16. The average Bonchev–Trinajstić information content (AvgIpc) is 3.12. The van der Waals surface area contributed by atoms with E-state index >= 15 is 0 Å². The molecule has 6 nitrogen and oxygen atoms in total. The van der Waals surface area contributed by atoms with Gasteiger partial charge >= 0.3 is 11.8 Å². The number of benzene rings is 2. The third kappa shape index (κ3) is 4.75. The van der Waals surface area contributed by atoms with Crippen LogP contribution in [0.15, 0.2) is 53.0 Å². The topological polar surface area (TPSA) is 86.9 Å². The standard InChI is InChI=1S/C19H16BrClN4O2/c1-2-11-3-6-13(7-4-11)22-18(26)19(27)23-17-10-16(24-25-17)14-9-12(20)5-8-15(14)21/h3-10H,2H2,1H3,(H,22,26)(H2,23,24,25,27). The zero-order valence-electron chi connectivity index (χ0n) is 14.3. The zero-order chi connectivity index (χ0) is 19.4. The first-order chi connectivity index (χ1) is 13.0. The summed E-state index contributed by atoms with van der Waals surface area (Å²) in [4.78, 5) is 24.2. The van der Waals surface area contributed by atoms with Crippen molar-refractivity contribution >= 4 is 50.9 Å². The van der Waals surface area contributed by atoms with E-state index in [9.17, 15) is 9.59 Å². The van der Waals surface area contributed by atoms with Crippen LogP contribution in [0.2, 0.25) is 5.02 Å². The van der Waals surface area contributed by atoms with Crippen molar-refractivity contribution < 1.29 is 9.59 Å². The molecule has 3 rings (SSSR count). The fraction of sp³-hybridized carbons (Fsp3) is 0.105. The normalized spacial score (nSPS) is 10.5. The van der Waals surface area contributed by atoms with Gasteiger partial charge in [0, 0.05) is 21.8 Å². The number of aromatic nitrogens is 2. The molecule has 3 aromatic rings. The molecule has 0 aliphatic heterocycles. The monoisotopic (exact) mass is 446 g/mol. The number of carbonyl (C=O) groups is 2. The van der Waals surface area contributed by atoms with Crippen LogP contribution < -0.4 is 10.6 Å². The third-order valence-electron chi connectivity index (χ3n) is 3.86. The summed E-state index contributed by atoms with van der Waals surface area (Å²) in [5.41, 5.74) is 3.04. The van der Waals surface area contributed by atoms with Crippen LogP contribution in [0.1, 0.15) is 12.5 Å². The maximum atomic E-state index is 12.1. The molecule has 2 amide bonds. The zero-order valence-corrected chi connectivity index (χ0v) is 16.7. The lowest BCUT2D eigenvalue weighted by Gasteiger charge is -2.05. The van der Waals surface area contributed by atoms with E-state index in [1.165, 1.54) is 0 Å². The number of aromatic amines is 1. The molecular weight excluding hydrogens is 432 g/mol. The van der Waals surface area contributed by atoms with Gasteiger partial charge in [-0.15, -0.1) is 0 Å². The lowest BCUT2D eigenvalue weighted by atomic mass is 10.1. The predicted molar refractivity (Wildman–Crippen MR) is 110 cm³/mol. The van der Waals surface area contributed by atoms with Gasteiger partial charge in [-0.25, -0.2) is 0 Å². The first kappa shape index (κ1) is 19.1. The second-order valence-corrected chi connectivity index (χ2v) is 7.07. The summed E-state index contributed by atoms with van der Waals surface area (Å²) in [5.74, 6) is -1.36. The van der Waals surface area contributed by atoms with Gasteiger partial charge in [0.1, 0.15) is 0 Å². The molecular formula is C19H16BrClN4O2. The van der Waals surface area contributed by atoms with E-state index in [2.05, 4.69) is 36.8 Å². The van der Waals surface area contributed by atoms with Gasteiger partial charge < -0.3 is 10.6 Å². The molecule has 0 radical (unpaired) electrons. The molecule has 1 aromatic heterocycles. The summed E-state index contributed by atoms with van der Waals surface area (Å²) in [6.07, 6.45) is 0.901. The van der Waals surface area contributed by atoms with Gasteiger partial charge in [-0.2, -0.15) is 5.10 Å². The van der Waals surface area contributed by atoms with Gasteiger partial charge in [-0.1, -0.05) is 46.6 Å². The molecule has 27 heavy (non-hydrogen) atoms. The van der Waals surface area contributed by atoms with Crippen molar-refractivity contribution in [2.75, 3.05) is 10.6 Å². The second-order valence-electron chi connectivity index (χ2n) is 5.75. The van der Waals surface area contributed by atoms with Crippen molar-refractivity contribution in [3.63, 3.8) is 0 Å². The molecule has 0 saturated carbocycles. The molecule has 8 heteroatoms. The molecule has 1 heterocycles. The van der Waals surface area contributed by atoms with E-state index in [4.69, 9.17) is 11.6 Å². The number of anilines is 2. The molecule has 0 atom stereocenters. The number of aryl methyl sites for hydroxylation is 1. The van der Waals surface area contributed by atoms with E-state index in [0.29, 0.717) is 16.4 Å². The highest BCUT2D eigenvalue weighted by Crippen LogP contribution is 2.30. The Kier molecular flexibility index (Phi) is 5.93. The Balaban J connectivity index is 1.66. The van der Waals surface area contributed by atoms with E-state index < -0.39 is 11.8 Å². The van der Waals surface area contributed by atoms with Gasteiger partial charge in [0.15, 0.2) is 5.82 Å². The van der Waals surface area contributed by atoms with Crippen LogP contribution in [0.4, 0.5) is 11.5 Å². The Labute approximate surface area is 169 Å². The van der Waals surface area contributed by atoms with E-state index in [1.54, 1.807) is 24.3 Å². The maximum absolute atomic E-state index is 12.1. The molecule has 0 aliphatic carbocycles. The number of H-pyrrole nitrogens is 1. The Hall–Kier alpha value is -2.64. The molecule has 0 bridgehead atoms. The van der Waals surface area contributed by atoms with Crippen molar-refractivity contribution in [1.82, 2.24) is 10.2 Å². The maximum Gasteiger partial charge on any atom is 0.315 e. The average molecular weight is 448 g/mol.